The summed E-state index contributed by atoms with van der Waals surface area (Å²) in [6, 6.07) is 12.3. The molecule has 0 aliphatic carbocycles. The third-order valence-corrected chi connectivity index (χ3v) is 3.40. The highest BCUT2D eigenvalue weighted by Crippen LogP contribution is 2.30. The van der Waals surface area contributed by atoms with Gasteiger partial charge in [-0.05, 0) is 37.6 Å². The van der Waals surface area contributed by atoms with Crippen LogP contribution in [0.2, 0.25) is 0 Å². The lowest BCUT2D eigenvalue weighted by atomic mass is 10.2. The third kappa shape index (κ3) is 2.86. The van der Waals surface area contributed by atoms with Gasteiger partial charge in [-0.2, -0.15) is 0 Å². The Labute approximate surface area is 101 Å². The molecule has 0 atom stereocenters. The molecule has 1 heterocycles. The van der Waals surface area contributed by atoms with Crippen LogP contribution in [0.15, 0.2) is 36.4 Å². The Balaban J connectivity index is 2.05. The third-order valence-electron chi connectivity index (χ3n) is 2.37. The van der Waals surface area contributed by atoms with E-state index in [0.29, 0.717) is 0 Å². The number of aryl methyl sites for hydroxylation is 2. The molecular formula is C14H16OS. The smallest absolute Gasteiger partial charge is 0.181 e. The minimum atomic E-state index is 0.912. The molecule has 0 amide bonds. The van der Waals surface area contributed by atoms with Crippen LogP contribution in [-0.2, 0) is 6.42 Å². The van der Waals surface area contributed by atoms with Gasteiger partial charge in [-0.3, -0.25) is 0 Å². The Morgan fingerprint density at radius 2 is 1.81 bits per heavy atom. The van der Waals surface area contributed by atoms with Crippen LogP contribution in [0.3, 0.4) is 0 Å². The largest absolute Gasteiger partial charge is 0.447 e. The molecule has 0 radical (unpaired) electrons. The summed E-state index contributed by atoms with van der Waals surface area (Å²) in [7, 11) is 0. The maximum atomic E-state index is 5.78. The zero-order valence-corrected chi connectivity index (χ0v) is 10.5. The van der Waals surface area contributed by atoms with Crippen molar-refractivity contribution in [1.82, 2.24) is 0 Å². The standard InChI is InChI=1S/C14H16OS/c1-3-4-13-9-10-14(16-13)15-12-7-5-11(2)6-8-12/h5-10H,3-4H2,1-2H3. The highest BCUT2D eigenvalue weighted by Gasteiger charge is 2.01. The maximum Gasteiger partial charge on any atom is 0.181 e. The van der Waals surface area contributed by atoms with E-state index in [9.17, 15) is 0 Å². The fourth-order valence-corrected chi connectivity index (χ4v) is 2.49. The topological polar surface area (TPSA) is 9.23 Å². The predicted molar refractivity (Wildman–Crippen MR) is 69.6 cm³/mol. The molecule has 1 aromatic carbocycles. The lowest BCUT2D eigenvalue weighted by Gasteiger charge is -2.02. The summed E-state index contributed by atoms with van der Waals surface area (Å²) in [5.74, 6) is 0.912. The van der Waals surface area contributed by atoms with E-state index in [2.05, 4.69) is 38.1 Å². The molecule has 1 aromatic heterocycles. The Bertz CT molecular complexity index is 442. The zero-order chi connectivity index (χ0) is 11.4. The van der Waals surface area contributed by atoms with Gasteiger partial charge in [0.1, 0.15) is 5.75 Å². The van der Waals surface area contributed by atoms with Crippen molar-refractivity contribution in [1.29, 1.82) is 0 Å². The quantitative estimate of drug-likeness (QED) is 0.735. The number of hydrogen-bond acceptors (Lipinski definition) is 2. The summed E-state index contributed by atoms with van der Waals surface area (Å²) in [4.78, 5) is 1.39. The Hall–Kier alpha value is -1.28. The van der Waals surface area contributed by atoms with E-state index in [1.165, 1.54) is 16.9 Å². The Kier molecular flexibility index (Phi) is 3.62. The van der Waals surface area contributed by atoms with Gasteiger partial charge in [-0.25, -0.2) is 0 Å². The normalized spacial score (nSPS) is 10.4. The average molecular weight is 232 g/mol. The van der Waals surface area contributed by atoms with Crippen LogP contribution < -0.4 is 4.74 Å². The SMILES string of the molecule is CCCc1ccc(Oc2ccc(C)cc2)s1. The van der Waals surface area contributed by atoms with Crippen molar-refractivity contribution in [2.75, 3.05) is 0 Å². The Morgan fingerprint density at radius 1 is 1.06 bits per heavy atom. The molecular weight excluding hydrogens is 216 g/mol. The molecule has 0 unspecified atom stereocenters. The molecule has 2 heteroatoms. The zero-order valence-electron chi connectivity index (χ0n) is 9.69. The van der Waals surface area contributed by atoms with Crippen LogP contribution in [0.25, 0.3) is 0 Å². The molecule has 0 bridgehead atoms. The molecule has 2 aromatic rings. The van der Waals surface area contributed by atoms with Gasteiger partial charge in [-0.1, -0.05) is 31.0 Å². The monoisotopic (exact) mass is 232 g/mol. The van der Waals surface area contributed by atoms with Crippen LogP contribution in [0.5, 0.6) is 10.8 Å². The van der Waals surface area contributed by atoms with Gasteiger partial charge in [0.25, 0.3) is 0 Å². The summed E-state index contributed by atoms with van der Waals surface area (Å²) in [5, 5.41) is 0.979. The first kappa shape index (κ1) is 11.2. The molecule has 84 valence electrons. The van der Waals surface area contributed by atoms with E-state index < -0.39 is 0 Å². The highest BCUT2D eigenvalue weighted by molar-refractivity contribution is 7.13. The van der Waals surface area contributed by atoms with Gasteiger partial charge in [0.2, 0.25) is 0 Å². The van der Waals surface area contributed by atoms with Gasteiger partial charge in [0.05, 0.1) is 0 Å². The lowest BCUT2D eigenvalue weighted by molar-refractivity contribution is 0.496. The van der Waals surface area contributed by atoms with Crippen LogP contribution in [0, 0.1) is 6.92 Å². The van der Waals surface area contributed by atoms with Gasteiger partial charge < -0.3 is 4.74 Å². The van der Waals surface area contributed by atoms with E-state index >= 15 is 0 Å². The number of ether oxygens (including phenoxy) is 1. The summed E-state index contributed by atoms with van der Waals surface area (Å²) < 4.78 is 5.78. The molecule has 0 N–H and O–H groups in total. The lowest BCUT2D eigenvalue weighted by Crippen LogP contribution is -1.80. The van der Waals surface area contributed by atoms with Crippen molar-refractivity contribution in [2.24, 2.45) is 0 Å². The fourth-order valence-electron chi connectivity index (χ4n) is 1.52. The Morgan fingerprint density at radius 3 is 2.50 bits per heavy atom. The summed E-state index contributed by atoms with van der Waals surface area (Å²) in [6.07, 6.45) is 2.33. The molecule has 0 saturated heterocycles. The van der Waals surface area contributed by atoms with Crippen molar-refractivity contribution in [3.8, 4) is 10.8 Å². The second-order valence-corrected chi connectivity index (χ2v) is 5.02. The van der Waals surface area contributed by atoms with Gasteiger partial charge in [-0.15, -0.1) is 11.3 Å². The summed E-state index contributed by atoms with van der Waals surface area (Å²) >= 11 is 1.73. The van der Waals surface area contributed by atoms with Crippen molar-refractivity contribution in [2.45, 2.75) is 26.7 Å². The number of benzene rings is 1. The number of hydrogen-bond donors (Lipinski definition) is 0. The van der Waals surface area contributed by atoms with Crippen molar-refractivity contribution in [3.63, 3.8) is 0 Å². The maximum absolute atomic E-state index is 5.78. The molecule has 1 nitrogen and oxygen atoms in total. The average Bonchev–Trinajstić information content (AvgIpc) is 2.70. The van der Waals surface area contributed by atoms with E-state index in [1.807, 2.05) is 12.1 Å². The van der Waals surface area contributed by atoms with Gasteiger partial charge in [0, 0.05) is 4.88 Å². The molecule has 0 aliphatic rings. The first-order valence-corrected chi connectivity index (χ1v) is 6.43. The van der Waals surface area contributed by atoms with Crippen molar-refractivity contribution in [3.05, 3.63) is 46.8 Å². The van der Waals surface area contributed by atoms with E-state index in [-0.39, 0.29) is 0 Å². The highest BCUT2D eigenvalue weighted by atomic mass is 32.1. The minimum Gasteiger partial charge on any atom is -0.447 e. The molecule has 0 spiro atoms. The van der Waals surface area contributed by atoms with E-state index in [1.54, 1.807) is 11.3 Å². The van der Waals surface area contributed by atoms with Crippen molar-refractivity contribution >= 4 is 11.3 Å². The van der Waals surface area contributed by atoms with Crippen LogP contribution >= 0.6 is 11.3 Å². The molecule has 0 saturated carbocycles. The predicted octanol–water partition coefficient (Wildman–Crippen LogP) is 4.80. The molecule has 0 fully saturated rings. The number of thiophene rings is 1. The molecule has 0 aliphatic heterocycles. The second-order valence-electron chi connectivity index (χ2n) is 3.89. The van der Waals surface area contributed by atoms with Crippen LogP contribution in [0.4, 0.5) is 0 Å². The van der Waals surface area contributed by atoms with E-state index in [4.69, 9.17) is 4.74 Å². The minimum absolute atomic E-state index is 0.912. The second kappa shape index (κ2) is 5.17. The van der Waals surface area contributed by atoms with Crippen LogP contribution in [-0.4, -0.2) is 0 Å². The fraction of sp³-hybridized carbons (Fsp3) is 0.286. The molecule has 2 rings (SSSR count). The first-order valence-electron chi connectivity index (χ1n) is 5.61. The van der Waals surface area contributed by atoms with Gasteiger partial charge >= 0.3 is 0 Å². The van der Waals surface area contributed by atoms with Crippen LogP contribution in [0.1, 0.15) is 23.8 Å². The summed E-state index contributed by atoms with van der Waals surface area (Å²) in [5.41, 5.74) is 1.25. The summed E-state index contributed by atoms with van der Waals surface area (Å²) in [6.45, 7) is 4.27. The van der Waals surface area contributed by atoms with Gasteiger partial charge in [0.15, 0.2) is 5.06 Å². The van der Waals surface area contributed by atoms with E-state index in [0.717, 1.165) is 17.2 Å². The first-order chi connectivity index (χ1) is 7.78. The molecule has 16 heavy (non-hydrogen) atoms. The van der Waals surface area contributed by atoms with Crippen molar-refractivity contribution < 1.29 is 4.74 Å². The number of rotatable bonds is 4.